The van der Waals surface area contributed by atoms with Crippen molar-refractivity contribution in [1.29, 1.82) is 0 Å². The Labute approximate surface area is 259 Å². The summed E-state index contributed by atoms with van der Waals surface area (Å²) >= 11 is 0. The lowest BCUT2D eigenvalue weighted by atomic mass is 9.45. The molecule has 4 bridgehead atoms. The maximum Gasteiger partial charge on any atom is 0.251 e. The summed E-state index contributed by atoms with van der Waals surface area (Å²) in [6, 6.07) is 0. The Morgan fingerprint density at radius 3 is 1.50 bits per heavy atom. The van der Waals surface area contributed by atoms with Crippen molar-refractivity contribution in [2.45, 2.75) is 164 Å². The van der Waals surface area contributed by atoms with Gasteiger partial charge in [0.25, 0.3) is 5.92 Å². The van der Waals surface area contributed by atoms with Crippen LogP contribution in [-0.2, 0) is 0 Å². The first kappa shape index (κ1) is 33.2. The molecule has 7 atom stereocenters. The fraction of sp³-hybridized carbons (Fsp3) is 1.00. The molecule has 0 aliphatic heterocycles. The highest BCUT2D eigenvalue weighted by atomic mass is 19.3. The summed E-state index contributed by atoms with van der Waals surface area (Å²) in [6.45, 7) is 19.0. The summed E-state index contributed by atoms with van der Waals surface area (Å²) in [5.41, 5.74) is -0.389. The third-order valence-corrected chi connectivity index (χ3v) is 14.5. The average Bonchev–Trinajstić information content (AvgIpc) is 3.82. The summed E-state index contributed by atoms with van der Waals surface area (Å²) < 4.78 is 25.6. The zero-order chi connectivity index (χ0) is 30.8. The van der Waals surface area contributed by atoms with Gasteiger partial charge in [-0.1, -0.05) is 61.8 Å². The van der Waals surface area contributed by atoms with Crippen molar-refractivity contribution in [2.75, 3.05) is 0 Å². The van der Waals surface area contributed by atoms with E-state index >= 15 is 0 Å². The van der Waals surface area contributed by atoms with Crippen LogP contribution < -0.4 is 0 Å². The van der Waals surface area contributed by atoms with Crippen LogP contribution in [-0.4, -0.2) is 16.6 Å². The molecule has 0 aromatic rings. The predicted molar refractivity (Wildman–Crippen MR) is 172 cm³/mol. The van der Waals surface area contributed by atoms with Gasteiger partial charge in [0.2, 0.25) is 0 Å². The van der Waals surface area contributed by atoms with Gasteiger partial charge in [-0.3, -0.25) is 0 Å². The summed E-state index contributed by atoms with van der Waals surface area (Å²) in [7, 11) is 0. The van der Waals surface area contributed by atoms with E-state index in [0.29, 0.717) is 18.3 Å². The molecule has 5 unspecified atom stereocenters. The fourth-order valence-corrected chi connectivity index (χ4v) is 11.8. The summed E-state index contributed by atoms with van der Waals surface area (Å²) in [5.74, 6) is 8.97. The van der Waals surface area contributed by atoms with Crippen molar-refractivity contribution in [3.63, 3.8) is 0 Å². The number of hydrogen-bond acceptors (Lipinski definition) is 1. The fourth-order valence-electron chi connectivity index (χ4n) is 11.8. The lowest BCUT2D eigenvalue weighted by Crippen LogP contribution is -2.57. The third-order valence-electron chi connectivity index (χ3n) is 14.5. The number of aliphatic hydroxyl groups is 1. The molecule has 0 spiro atoms. The Morgan fingerprint density at radius 1 is 0.690 bits per heavy atom. The molecule has 9 saturated carbocycles. The molecule has 9 aliphatic rings. The van der Waals surface area contributed by atoms with Gasteiger partial charge in [0.15, 0.2) is 0 Å². The second-order valence-electron chi connectivity index (χ2n) is 18.7. The third kappa shape index (κ3) is 6.82. The maximum absolute atomic E-state index is 12.8. The van der Waals surface area contributed by atoms with Crippen LogP contribution in [0.25, 0.3) is 0 Å². The van der Waals surface area contributed by atoms with E-state index in [1.165, 1.54) is 49.4 Å². The van der Waals surface area contributed by atoms with Crippen LogP contribution in [0.4, 0.5) is 8.78 Å². The first-order chi connectivity index (χ1) is 19.5. The van der Waals surface area contributed by atoms with Crippen molar-refractivity contribution in [3.05, 3.63) is 0 Å². The standard InChI is InChI=1S/C13H22O.2C9H16.C8H14F2/c1-9(2)12-4-10-3-11(5-12)7-13(14,6-10)8-12;1-6(2)7-3-8-5-9(8)4-7;1-6(2)9-7-4-3-5-8(7)9;1-6(2)8(4-5-8)7(3,9)10/h9-11,14H,3-8H2,1-2H3;2*6-9H,3-5H2,1-2H3;6H,4-5H2,1-3H3/t;;7-,8+,9?;. The van der Waals surface area contributed by atoms with Crippen LogP contribution in [0.3, 0.4) is 0 Å². The van der Waals surface area contributed by atoms with Gasteiger partial charge < -0.3 is 5.11 Å². The van der Waals surface area contributed by atoms with Gasteiger partial charge in [-0.25, -0.2) is 8.78 Å². The Morgan fingerprint density at radius 2 is 1.21 bits per heavy atom. The van der Waals surface area contributed by atoms with Crippen molar-refractivity contribution >= 4 is 0 Å². The van der Waals surface area contributed by atoms with Gasteiger partial charge in [-0.05, 0) is 167 Å². The van der Waals surface area contributed by atoms with Crippen LogP contribution in [0.1, 0.15) is 152 Å². The van der Waals surface area contributed by atoms with Crippen LogP contribution in [0.5, 0.6) is 0 Å². The number of fused-ring (bicyclic) bond motifs is 2. The minimum Gasteiger partial charge on any atom is -0.390 e. The zero-order valence-electron chi connectivity index (χ0n) is 29.0. The highest BCUT2D eigenvalue weighted by molar-refractivity contribution is 5.09. The zero-order valence-corrected chi connectivity index (χ0v) is 29.0. The number of hydrogen-bond donors (Lipinski definition) is 1. The molecule has 42 heavy (non-hydrogen) atoms. The minimum atomic E-state index is -2.47. The summed E-state index contributed by atoms with van der Waals surface area (Å²) in [4.78, 5) is 0. The van der Waals surface area contributed by atoms with E-state index in [1.54, 1.807) is 32.1 Å². The van der Waals surface area contributed by atoms with Crippen LogP contribution in [0.2, 0.25) is 0 Å². The molecule has 0 radical (unpaired) electrons. The lowest BCUT2D eigenvalue weighted by Gasteiger charge is -2.62. The Balaban J connectivity index is 0.000000114. The topological polar surface area (TPSA) is 20.2 Å². The molecule has 1 N–H and O–H groups in total. The van der Waals surface area contributed by atoms with E-state index in [2.05, 4.69) is 41.5 Å². The largest absolute Gasteiger partial charge is 0.390 e. The molecule has 3 heteroatoms. The van der Waals surface area contributed by atoms with Gasteiger partial charge in [-0.15, -0.1) is 0 Å². The van der Waals surface area contributed by atoms with Crippen molar-refractivity contribution in [3.8, 4) is 0 Å². The minimum absolute atomic E-state index is 0.118. The monoisotopic (exact) mass is 591 g/mol. The molecular formula is C39H68F2O. The van der Waals surface area contributed by atoms with E-state index < -0.39 is 11.3 Å². The van der Waals surface area contributed by atoms with E-state index in [-0.39, 0.29) is 11.5 Å². The molecule has 244 valence electrons. The second kappa shape index (κ2) is 11.9. The van der Waals surface area contributed by atoms with Crippen molar-refractivity contribution in [1.82, 2.24) is 0 Å². The summed E-state index contributed by atoms with van der Waals surface area (Å²) in [6.07, 6.45) is 18.3. The van der Waals surface area contributed by atoms with Crippen LogP contribution >= 0.6 is 0 Å². The smallest absolute Gasteiger partial charge is 0.251 e. The predicted octanol–water partition coefficient (Wildman–Crippen LogP) is 11.4. The van der Waals surface area contributed by atoms with Gasteiger partial charge in [0.05, 0.1) is 5.60 Å². The molecule has 0 heterocycles. The second-order valence-corrected chi connectivity index (χ2v) is 18.7. The van der Waals surface area contributed by atoms with E-state index in [4.69, 9.17) is 0 Å². The number of alkyl halides is 2. The Bertz CT molecular complexity index is 870. The highest BCUT2D eigenvalue weighted by Crippen LogP contribution is 2.64. The first-order valence-corrected chi connectivity index (χ1v) is 18.6. The average molecular weight is 591 g/mol. The Hall–Kier alpha value is -0.180. The molecule has 1 nitrogen and oxygen atoms in total. The maximum atomic E-state index is 12.8. The first-order valence-electron chi connectivity index (χ1n) is 18.6. The van der Waals surface area contributed by atoms with E-state index in [1.807, 2.05) is 13.8 Å². The molecule has 0 aromatic heterocycles. The van der Waals surface area contributed by atoms with Crippen LogP contribution in [0, 0.1) is 81.8 Å². The Kier molecular flexibility index (Phi) is 9.39. The van der Waals surface area contributed by atoms with Gasteiger partial charge in [0, 0.05) is 5.41 Å². The molecule has 0 amide bonds. The highest BCUT2D eigenvalue weighted by Gasteiger charge is 2.60. The lowest BCUT2D eigenvalue weighted by molar-refractivity contribution is -0.177. The normalized spacial score (nSPS) is 44.6. The van der Waals surface area contributed by atoms with Gasteiger partial charge in [0.1, 0.15) is 0 Å². The van der Waals surface area contributed by atoms with Crippen LogP contribution in [0.15, 0.2) is 0 Å². The van der Waals surface area contributed by atoms with Gasteiger partial charge in [-0.2, -0.15) is 0 Å². The quantitative estimate of drug-likeness (QED) is 0.338. The SMILES string of the molecule is CC(C)C1(C(C)(F)F)CC1.CC(C)C12CC3CC(CC(O)(C3)C1)C2.CC(C)C1CC2CC2C1.CC(C)C1[C@H]2CCC[C@@H]12. The van der Waals surface area contributed by atoms with E-state index in [0.717, 1.165) is 67.6 Å². The van der Waals surface area contributed by atoms with Gasteiger partial charge >= 0.3 is 0 Å². The molecule has 9 aliphatic carbocycles. The number of rotatable bonds is 5. The van der Waals surface area contributed by atoms with Crippen molar-refractivity contribution < 1.29 is 13.9 Å². The molecule has 0 saturated heterocycles. The number of halogens is 2. The van der Waals surface area contributed by atoms with Crippen molar-refractivity contribution in [2.24, 2.45) is 81.8 Å². The van der Waals surface area contributed by atoms with E-state index in [9.17, 15) is 13.9 Å². The molecular weight excluding hydrogens is 522 g/mol. The molecule has 9 rings (SSSR count). The molecule has 0 aromatic carbocycles. The summed E-state index contributed by atoms with van der Waals surface area (Å²) in [5, 5.41) is 10.5. The molecule has 9 fully saturated rings.